The lowest BCUT2D eigenvalue weighted by Gasteiger charge is -2.25. The van der Waals surface area contributed by atoms with E-state index in [9.17, 15) is 4.79 Å². The molecule has 1 heterocycles. The van der Waals surface area contributed by atoms with E-state index >= 15 is 0 Å². The first kappa shape index (κ1) is 16.5. The molecule has 0 spiro atoms. The summed E-state index contributed by atoms with van der Waals surface area (Å²) in [5.74, 6) is -0.682. The lowest BCUT2D eigenvalue weighted by Crippen LogP contribution is -2.36. The number of rotatable bonds is 9. The fourth-order valence-electron chi connectivity index (χ4n) is 3.31. The van der Waals surface area contributed by atoms with Crippen LogP contribution >= 0.6 is 0 Å². The van der Waals surface area contributed by atoms with Crippen LogP contribution in [0.3, 0.4) is 0 Å². The maximum absolute atomic E-state index is 10.8. The molecule has 1 saturated heterocycles. The molecule has 0 amide bonds. The van der Waals surface area contributed by atoms with Gasteiger partial charge in [-0.15, -0.1) is 0 Å². The van der Waals surface area contributed by atoms with Crippen LogP contribution in [0.4, 0.5) is 0 Å². The summed E-state index contributed by atoms with van der Waals surface area (Å²) < 4.78 is 0. The van der Waals surface area contributed by atoms with Crippen LogP contribution in [0.1, 0.15) is 51.4 Å². The number of carbonyl (C=O) groups is 1. The molecule has 0 saturated carbocycles. The van der Waals surface area contributed by atoms with E-state index in [4.69, 9.17) is 5.11 Å². The van der Waals surface area contributed by atoms with Gasteiger partial charge >= 0.3 is 5.97 Å². The Bertz CT molecular complexity index is 349. The van der Waals surface area contributed by atoms with Crippen LogP contribution in [-0.4, -0.2) is 60.1 Å². The number of hydrogen-bond acceptors (Lipinski definition) is 3. The molecule has 0 aromatic heterocycles. The van der Waals surface area contributed by atoms with Gasteiger partial charge in [0.25, 0.3) is 0 Å². The molecule has 120 valence electrons. The predicted octanol–water partition coefficient (Wildman–Crippen LogP) is 2.75. The first-order valence-corrected chi connectivity index (χ1v) is 8.58. The van der Waals surface area contributed by atoms with Gasteiger partial charge in [0, 0.05) is 26.2 Å². The van der Waals surface area contributed by atoms with Gasteiger partial charge in [0.2, 0.25) is 0 Å². The molecule has 2 rings (SSSR count). The summed E-state index contributed by atoms with van der Waals surface area (Å²) >= 11 is 0. The van der Waals surface area contributed by atoms with Crippen molar-refractivity contribution >= 4 is 5.97 Å². The lowest BCUT2D eigenvalue weighted by atomic mass is 9.97. The van der Waals surface area contributed by atoms with Gasteiger partial charge in [0.05, 0.1) is 6.42 Å². The van der Waals surface area contributed by atoms with Crippen LogP contribution in [0.2, 0.25) is 0 Å². The molecule has 0 radical (unpaired) electrons. The van der Waals surface area contributed by atoms with Crippen LogP contribution in [0.15, 0.2) is 11.6 Å². The zero-order chi connectivity index (χ0) is 14.9. The van der Waals surface area contributed by atoms with E-state index in [0.717, 1.165) is 26.1 Å². The highest BCUT2D eigenvalue weighted by atomic mass is 16.4. The van der Waals surface area contributed by atoms with Crippen molar-refractivity contribution < 1.29 is 9.90 Å². The van der Waals surface area contributed by atoms with Crippen LogP contribution in [0, 0.1) is 0 Å². The van der Waals surface area contributed by atoms with Gasteiger partial charge in [-0.25, -0.2) is 0 Å². The van der Waals surface area contributed by atoms with E-state index in [1.165, 1.54) is 51.6 Å². The maximum Gasteiger partial charge on any atom is 0.304 e. The van der Waals surface area contributed by atoms with Gasteiger partial charge < -0.3 is 14.9 Å². The van der Waals surface area contributed by atoms with E-state index in [-0.39, 0.29) is 6.42 Å². The maximum atomic E-state index is 10.8. The van der Waals surface area contributed by atoms with Crippen molar-refractivity contribution in [2.45, 2.75) is 51.4 Å². The molecule has 0 atom stereocenters. The van der Waals surface area contributed by atoms with Gasteiger partial charge in [0.15, 0.2) is 0 Å². The monoisotopic (exact) mass is 294 g/mol. The van der Waals surface area contributed by atoms with E-state index in [0.29, 0.717) is 6.54 Å². The normalized spacial score (nSPS) is 20.0. The van der Waals surface area contributed by atoms with Crippen LogP contribution < -0.4 is 0 Å². The summed E-state index contributed by atoms with van der Waals surface area (Å²) in [4.78, 5) is 15.7. The number of carboxylic acids is 1. The van der Waals surface area contributed by atoms with Crippen molar-refractivity contribution in [3.8, 4) is 0 Å². The second-order valence-corrected chi connectivity index (χ2v) is 6.39. The molecular formula is C17H30N2O2. The average molecular weight is 294 g/mol. The standard InChI is InChI=1S/C17H30N2O2/c20-17(21)9-13-19(15-14-18-10-4-5-11-18)12-8-16-6-2-1-3-7-16/h6H,1-5,7-15H2,(H,20,21). The number of likely N-dealkylation sites (tertiary alicyclic amines) is 1. The second-order valence-electron chi connectivity index (χ2n) is 6.39. The molecule has 2 aliphatic rings. The number of nitrogens with zero attached hydrogens (tertiary/aromatic N) is 2. The fraction of sp³-hybridized carbons (Fsp3) is 0.824. The fourth-order valence-corrected chi connectivity index (χ4v) is 3.31. The number of hydrogen-bond donors (Lipinski definition) is 1. The van der Waals surface area contributed by atoms with E-state index in [2.05, 4.69) is 15.9 Å². The third-order valence-corrected chi connectivity index (χ3v) is 4.71. The molecule has 1 fully saturated rings. The minimum absolute atomic E-state index is 0.263. The number of carboxylic acid groups (broad SMARTS) is 1. The third kappa shape index (κ3) is 6.62. The summed E-state index contributed by atoms with van der Waals surface area (Å²) in [7, 11) is 0. The quantitative estimate of drug-likeness (QED) is 0.664. The molecule has 0 unspecified atom stereocenters. The molecule has 0 aromatic rings. The summed E-state index contributed by atoms with van der Waals surface area (Å²) in [5, 5.41) is 8.91. The largest absolute Gasteiger partial charge is 0.481 e. The topological polar surface area (TPSA) is 43.8 Å². The Morgan fingerprint density at radius 3 is 2.62 bits per heavy atom. The van der Waals surface area contributed by atoms with Crippen molar-refractivity contribution in [3.05, 3.63) is 11.6 Å². The van der Waals surface area contributed by atoms with Crippen LogP contribution in [0.25, 0.3) is 0 Å². The van der Waals surface area contributed by atoms with Gasteiger partial charge in [-0.1, -0.05) is 11.6 Å². The molecular weight excluding hydrogens is 264 g/mol. The van der Waals surface area contributed by atoms with Crippen LogP contribution in [-0.2, 0) is 4.79 Å². The minimum atomic E-state index is -0.682. The van der Waals surface area contributed by atoms with Gasteiger partial charge in [-0.2, -0.15) is 0 Å². The van der Waals surface area contributed by atoms with E-state index in [1.807, 2.05) is 0 Å². The van der Waals surface area contributed by atoms with Gasteiger partial charge in [-0.3, -0.25) is 4.79 Å². The van der Waals surface area contributed by atoms with E-state index in [1.54, 1.807) is 5.57 Å². The molecule has 0 aromatic carbocycles. The molecule has 1 aliphatic carbocycles. The zero-order valence-electron chi connectivity index (χ0n) is 13.2. The van der Waals surface area contributed by atoms with Gasteiger partial charge in [0.1, 0.15) is 0 Å². The second kappa shape index (κ2) is 9.21. The minimum Gasteiger partial charge on any atom is -0.481 e. The van der Waals surface area contributed by atoms with Crippen molar-refractivity contribution in [1.82, 2.24) is 9.80 Å². The predicted molar refractivity (Wildman–Crippen MR) is 85.5 cm³/mol. The Hall–Kier alpha value is -0.870. The van der Waals surface area contributed by atoms with Crippen molar-refractivity contribution in [3.63, 3.8) is 0 Å². The lowest BCUT2D eigenvalue weighted by molar-refractivity contribution is -0.137. The Kier molecular flexibility index (Phi) is 7.24. The smallest absolute Gasteiger partial charge is 0.304 e. The Morgan fingerprint density at radius 2 is 1.95 bits per heavy atom. The Balaban J connectivity index is 1.73. The molecule has 0 bridgehead atoms. The summed E-state index contributed by atoms with van der Waals surface area (Å²) in [5.41, 5.74) is 1.59. The van der Waals surface area contributed by atoms with Crippen molar-refractivity contribution in [2.75, 3.05) is 39.3 Å². The van der Waals surface area contributed by atoms with Crippen LogP contribution in [0.5, 0.6) is 0 Å². The first-order chi connectivity index (χ1) is 10.2. The zero-order valence-corrected chi connectivity index (χ0v) is 13.2. The average Bonchev–Trinajstić information content (AvgIpc) is 3.00. The molecule has 4 nitrogen and oxygen atoms in total. The van der Waals surface area contributed by atoms with Crippen molar-refractivity contribution in [2.24, 2.45) is 0 Å². The summed E-state index contributed by atoms with van der Waals surface area (Å²) in [6.07, 6.45) is 11.6. The highest BCUT2D eigenvalue weighted by Crippen LogP contribution is 2.20. The summed E-state index contributed by atoms with van der Waals surface area (Å²) in [6, 6.07) is 0. The molecule has 1 N–H and O–H groups in total. The Morgan fingerprint density at radius 1 is 1.14 bits per heavy atom. The van der Waals surface area contributed by atoms with Crippen molar-refractivity contribution in [1.29, 1.82) is 0 Å². The first-order valence-electron chi connectivity index (χ1n) is 8.58. The Labute approximate surface area is 128 Å². The SMILES string of the molecule is O=C(O)CCN(CCC1=CCCCC1)CCN1CCCC1. The highest BCUT2D eigenvalue weighted by molar-refractivity contribution is 5.66. The highest BCUT2D eigenvalue weighted by Gasteiger charge is 2.14. The summed E-state index contributed by atoms with van der Waals surface area (Å²) in [6.45, 7) is 6.26. The number of aliphatic carboxylic acids is 1. The van der Waals surface area contributed by atoms with Gasteiger partial charge in [-0.05, 0) is 58.0 Å². The number of allylic oxidation sites excluding steroid dienone is 1. The molecule has 4 heteroatoms. The molecule has 21 heavy (non-hydrogen) atoms. The molecule has 1 aliphatic heterocycles. The van der Waals surface area contributed by atoms with E-state index < -0.39 is 5.97 Å². The third-order valence-electron chi connectivity index (χ3n) is 4.71.